The maximum absolute atomic E-state index is 12.7. The molecule has 0 saturated carbocycles. The topological polar surface area (TPSA) is 99.0 Å². The van der Waals surface area contributed by atoms with Crippen LogP contribution in [0.5, 0.6) is 0 Å². The third kappa shape index (κ3) is 3.90. The van der Waals surface area contributed by atoms with Gasteiger partial charge in [0.25, 0.3) is 0 Å². The summed E-state index contributed by atoms with van der Waals surface area (Å²) in [5.41, 5.74) is 5.91. The molecule has 4 amide bonds. The number of anilines is 1. The van der Waals surface area contributed by atoms with Gasteiger partial charge in [-0.25, -0.2) is 4.79 Å². The molecular weight excluding hydrogens is 322 g/mol. The Morgan fingerprint density at radius 2 is 1.76 bits per heavy atom. The second-order valence-electron chi connectivity index (χ2n) is 6.26. The number of hydrogen-bond acceptors (Lipinski definition) is 4. The van der Waals surface area contributed by atoms with Crippen molar-refractivity contribution in [2.75, 3.05) is 44.2 Å². The number of nitrogens with two attached hydrogens (primary N) is 1. The maximum atomic E-state index is 12.7. The molecule has 0 aliphatic carbocycles. The van der Waals surface area contributed by atoms with E-state index in [1.54, 1.807) is 4.90 Å². The zero-order valence-corrected chi connectivity index (χ0v) is 14.1. The molecule has 8 heteroatoms. The molecule has 8 nitrogen and oxygen atoms in total. The van der Waals surface area contributed by atoms with Crippen LogP contribution in [0.2, 0.25) is 0 Å². The molecule has 2 aliphatic rings. The Balaban J connectivity index is 1.53. The number of nitrogens with zero attached hydrogens (tertiary/aromatic N) is 3. The molecule has 134 valence electrons. The molecular formula is C17H23N5O3. The first-order chi connectivity index (χ1) is 12.1. The van der Waals surface area contributed by atoms with Crippen LogP contribution in [0.15, 0.2) is 30.3 Å². The van der Waals surface area contributed by atoms with Gasteiger partial charge in [0.1, 0.15) is 0 Å². The minimum Gasteiger partial charge on any atom is -0.352 e. The van der Waals surface area contributed by atoms with Gasteiger partial charge in [-0.05, 0) is 18.6 Å². The molecule has 1 unspecified atom stereocenters. The summed E-state index contributed by atoms with van der Waals surface area (Å²) in [5, 5.41) is 2.31. The largest absolute Gasteiger partial charge is 0.352 e. The molecule has 3 rings (SSSR count). The van der Waals surface area contributed by atoms with E-state index < -0.39 is 6.03 Å². The predicted molar refractivity (Wildman–Crippen MR) is 92.9 cm³/mol. The second-order valence-corrected chi connectivity index (χ2v) is 6.26. The normalized spacial score (nSPS) is 21.4. The van der Waals surface area contributed by atoms with Gasteiger partial charge in [0, 0.05) is 38.4 Å². The van der Waals surface area contributed by atoms with Gasteiger partial charge in [-0.2, -0.15) is 0 Å². The van der Waals surface area contributed by atoms with Crippen molar-refractivity contribution in [2.45, 2.75) is 12.5 Å². The number of para-hydroxylation sites is 1. The van der Waals surface area contributed by atoms with Gasteiger partial charge in [0.2, 0.25) is 11.8 Å². The number of hydrogen-bond donors (Lipinski definition) is 2. The van der Waals surface area contributed by atoms with Gasteiger partial charge >= 0.3 is 6.03 Å². The highest BCUT2D eigenvalue weighted by molar-refractivity contribution is 5.99. The first-order valence-corrected chi connectivity index (χ1v) is 8.48. The molecule has 2 saturated heterocycles. The number of benzene rings is 1. The van der Waals surface area contributed by atoms with Crippen molar-refractivity contribution in [3.63, 3.8) is 0 Å². The highest BCUT2D eigenvalue weighted by Crippen LogP contribution is 2.24. The quantitative estimate of drug-likeness (QED) is 0.776. The number of primary amides is 1. The molecule has 0 aromatic heterocycles. The van der Waals surface area contributed by atoms with Crippen LogP contribution in [-0.2, 0) is 9.59 Å². The lowest BCUT2D eigenvalue weighted by molar-refractivity contribution is -0.132. The Morgan fingerprint density at radius 3 is 2.40 bits per heavy atom. The molecule has 0 bridgehead atoms. The zero-order valence-electron chi connectivity index (χ0n) is 14.1. The summed E-state index contributed by atoms with van der Waals surface area (Å²) < 4.78 is 0. The number of carbonyl (C=O) groups is 3. The summed E-state index contributed by atoms with van der Waals surface area (Å²) in [6.45, 7) is 3.04. The smallest absolute Gasteiger partial charge is 0.312 e. The minimum absolute atomic E-state index is 0.0839. The monoisotopic (exact) mass is 345 g/mol. The summed E-state index contributed by atoms with van der Waals surface area (Å²) in [6, 6.07) is 8.86. The highest BCUT2D eigenvalue weighted by Gasteiger charge is 2.38. The third-order valence-corrected chi connectivity index (χ3v) is 4.77. The second kappa shape index (κ2) is 7.52. The lowest BCUT2D eigenvalue weighted by Crippen LogP contribution is -2.55. The van der Waals surface area contributed by atoms with Crippen LogP contribution < -0.4 is 16.0 Å². The van der Waals surface area contributed by atoms with Crippen molar-refractivity contribution in [3.8, 4) is 0 Å². The Kier molecular flexibility index (Phi) is 5.18. The van der Waals surface area contributed by atoms with Crippen LogP contribution in [0.4, 0.5) is 10.5 Å². The molecule has 2 heterocycles. The van der Waals surface area contributed by atoms with Gasteiger partial charge in [-0.1, -0.05) is 18.2 Å². The zero-order chi connectivity index (χ0) is 17.8. The van der Waals surface area contributed by atoms with Gasteiger partial charge in [-0.3, -0.25) is 14.5 Å². The van der Waals surface area contributed by atoms with Crippen LogP contribution in [0, 0.1) is 0 Å². The number of carbonyl (C=O) groups excluding carboxylic acids is 3. The fourth-order valence-electron chi connectivity index (χ4n) is 3.43. The van der Waals surface area contributed by atoms with Gasteiger partial charge in [0.15, 0.2) is 0 Å². The Labute approximate surface area is 146 Å². The van der Waals surface area contributed by atoms with Crippen molar-refractivity contribution in [3.05, 3.63) is 30.3 Å². The van der Waals surface area contributed by atoms with E-state index in [1.807, 2.05) is 35.2 Å². The number of amides is 4. The average Bonchev–Trinajstić information content (AvgIpc) is 3.02. The number of urea groups is 1. The van der Waals surface area contributed by atoms with Crippen molar-refractivity contribution in [2.24, 2.45) is 5.73 Å². The Hall–Kier alpha value is -2.61. The first-order valence-electron chi connectivity index (χ1n) is 8.48. The molecule has 1 atom stereocenters. The highest BCUT2D eigenvalue weighted by atomic mass is 16.2. The lowest BCUT2D eigenvalue weighted by atomic mass is 10.1. The summed E-state index contributed by atoms with van der Waals surface area (Å²) in [5.74, 6) is -0.0246. The van der Waals surface area contributed by atoms with Crippen molar-refractivity contribution in [1.29, 1.82) is 0 Å². The molecule has 3 N–H and O–H groups in total. The fraction of sp³-hybridized carbons (Fsp3) is 0.471. The number of piperazine rings is 1. The van der Waals surface area contributed by atoms with Crippen molar-refractivity contribution < 1.29 is 14.4 Å². The van der Waals surface area contributed by atoms with Crippen LogP contribution in [0.3, 0.4) is 0 Å². The van der Waals surface area contributed by atoms with Crippen LogP contribution in [0.1, 0.15) is 6.42 Å². The first kappa shape index (κ1) is 17.2. The molecule has 2 fully saturated rings. The Morgan fingerprint density at radius 1 is 1.08 bits per heavy atom. The average molecular weight is 345 g/mol. The molecule has 25 heavy (non-hydrogen) atoms. The van der Waals surface area contributed by atoms with E-state index >= 15 is 0 Å². The molecule has 1 aromatic carbocycles. The van der Waals surface area contributed by atoms with Crippen molar-refractivity contribution in [1.82, 2.24) is 15.1 Å². The van der Waals surface area contributed by atoms with Gasteiger partial charge in [0.05, 0.1) is 12.6 Å². The van der Waals surface area contributed by atoms with E-state index in [0.29, 0.717) is 26.2 Å². The van der Waals surface area contributed by atoms with Crippen LogP contribution in [0.25, 0.3) is 0 Å². The van der Waals surface area contributed by atoms with Gasteiger partial charge in [-0.15, -0.1) is 0 Å². The summed E-state index contributed by atoms with van der Waals surface area (Å²) in [4.78, 5) is 41.1. The minimum atomic E-state index is -0.704. The van der Waals surface area contributed by atoms with Crippen molar-refractivity contribution >= 4 is 23.5 Å². The van der Waals surface area contributed by atoms with Crippen LogP contribution in [-0.4, -0.2) is 73.0 Å². The third-order valence-electron chi connectivity index (χ3n) is 4.77. The Bertz CT molecular complexity index is 643. The molecule has 1 aromatic rings. The van der Waals surface area contributed by atoms with E-state index in [9.17, 15) is 14.4 Å². The van der Waals surface area contributed by atoms with E-state index in [1.165, 1.54) is 0 Å². The fourth-order valence-corrected chi connectivity index (χ4v) is 3.43. The van der Waals surface area contributed by atoms with E-state index in [-0.39, 0.29) is 24.4 Å². The number of rotatable bonds is 4. The molecule has 0 radical (unpaired) electrons. The summed E-state index contributed by atoms with van der Waals surface area (Å²) in [7, 11) is 0. The maximum Gasteiger partial charge on any atom is 0.312 e. The van der Waals surface area contributed by atoms with Gasteiger partial charge < -0.3 is 20.9 Å². The lowest BCUT2D eigenvalue weighted by Gasteiger charge is -2.37. The molecule has 2 aliphatic heterocycles. The van der Waals surface area contributed by atoms with Crippen LogP contribution >= 0.6 is 0 Å². The predicted octanol–water partition coefficient (Wildman–Crippen LogP) is -0.396. The van der Waals surface area contributed by atoms with E-state index in [4.69, 9.17) is 5.73 Å². The summed E-state index contributed by atoms with van der Waals surface area (Å²) >= 11 is 0. The van der Waals surface area contributed by atoms with E-state index in [0.717, 1.165) is 18.7 Å². The molecule has 0 spiro atoms. The number of nitrogens with one attached hydrogen (secondary N) is 1. The summed E-state index contributed by atoms with van der Waals surface area (Å²) in [6.07, 6.45) is 0.797. The standard InChI is InChI=1S/C17H23N5O3/c18-17(25)19-12-15(23)21-10-8-20(9-11-21)14-6-7-22(16(14)24)13-4-2-1-3-5-13/h1-5,14H,6-12H2,(H3,18,19,25). The van der Waals surface area contributed by atoms with E-state index in [2.05, 4.69) is 10.2 Å². The SMILES string of the molecule is NC(=O)NCC(=O)N1CCN(C2CCN(c3ccccc3)C2=O)CC1.